The topological polar surface area (TPSA) is 12.5 Å². The third kappa shape index (κ3) is 5.77. The molecule has 0 amide bonds. The van der Waals surface area contributed by atoms with E-state index in [9.17, 15) is 0 Å². The molecule has 0 rings (SSSR count). The highest BCUT2D eigenvalue weighted by Gasteiger charge is 2.35. The van der Waals surface area contributed by atoms with Crippen molar-refractivity contribution in [3.8, 4) is 0 Å². The quantitative estimate of drug-likeness (QED) is 0.685. The molecule has 0 bridgehead atoms. The van der Waals surface area contributed by atoms with Gasteiger partial charge in [-0.05, 0) is 25.7 Å². The molecule has 0 fully saturated rings. The summed E-state index contributed by atoms with van der Waals surface area (Å²) in [6.07, 6.45) is 0. The lowest BCUT2D eigenvalue weighted by Gasteiger charge is -2.44. The molecule has 0 aliphatic heterocycles. The van der Waals surface area contributed by atoms with Crippen LogP contribution in [0.1, 0.15) is 0 Å². The molecule has 0 radical (unpaired) electrons. The fourth-order valence-electron chi connectivity index (χ4n) is 2.16. The van der Waals surface area contributed by atoms with Crippen molar-refractivity contribution in [2.75, 3.05) is 13.7 Å². The zero-order valence-corrected chi connectivity index (χ0v) is 15.8. The van der Waals surface area contributed by atoms with Gasteiger partial charge in [-0.3, -0.25) is 0 Å². The molecule has 0 aliphatic rings. The lowest BCUT2D eigenvalue weighted by molar-refractivity contribution is 0.400. The van der Waals surface area contributed by atoms with Gasteiger partial charge >= 0.3 is 0 Å². The summed E-state index contributed by atoms with van der Waals surface area (Å²) in [4.78, 5) is 0. The van der Waals surface area contributed by atoms with Gasteiger partial charge < -0.3 is 8.66 Å². The number of hydrogen-bond acceptors (Lipinski definition) is 2. The summed E-state index contributed by atoms with van der Waals surface area (Å²) in [7, 11) is -1.87. The maximum atomic E-state index is 5.66. The molecule has 0 aromatic carbocycles. The van der Waals surface area contributed by atoms with Crippen LogP contribution in [0.2, 0.25) is 58.4 Å². The summed E-state index contributed by atoms with van der Waals surface area (Å²) < 4.78 is 8.51. The first-order valence-electron chi connectivity index (χ1n) is 6.23. The molecule has 0 saturated carbocycles. The zero-order valence-electron chi connectivity index (χ0n) is 12.8. The van der Waals surface area contributed by atoms with Crippen molar-refractivity contribution in [2.45, 2.75) is 58.4 Å². The van der Waals surface area contributed by atoms with Gasteiger partial charge in [-0.25, -0.2) is 0 Å². The summed E-state index contributed by atoms with van der Waals surface area (Å²) in [5.41, 5.74) is 0. The van der Waals surface area contributed by atoms with Crippen LogP contribution >= 0.6 is 0 Å². The first-order chi connectivity index (χ1) is 6.90. The van der Waals surface area contributed by atoms with Gasteiger partial charge in [-0.2, -0.15) is 0 Å². The first-order valence-corrected chi connectivity index (χ1v) is 16.2. The van der Waals surface area contributed by atoms with Crippen molar-refractivity contribution in [2.24, 2.45) is 0 Å². The summed E-state index contributed by atoms with van der Waals surface area (Å²) >= 11 is 0. The lowest BCUT2D eigenvalue weighted by atomic mass is 10.8. The molecule has 0 atom stereocenters. The second-order valence-electron chi connectivity index (χ2n) is 7.21. The summed E-state index contributed by atoms with van der Waals surface area (Å²) in [6, 6.07) is 1.26. The van der Waals surface area contributed by atoms with Crippen LogP contribution in [-0.4, -0.2) is 42.7 Å². The van der Waals surface area contributed by atoms with E-state index >= 15 is 0 Å². The molecule has 2 nitrogen and oxygen atoms in total. The van der Waals surface area contributed by atoms with Crippen LogP contribution in [0.5, 0.6) is 0 Å². The molecule has 0 unspecified atom stereocenters. The minimum atomic E-state index is -1.39. The average molecular weight is 278 g/mol. The average Bonchev–Trinajstić information content (AvgIpc) is 1.99. The fourth-order valence-corrected chi connectivity index (χ4v) is 13.2. The Hall–Kier alpha value is 0.571. The lowest BCUT2D eigenvalue weighted by Crippen LogP contribution is -2.60. The van der Waals surface area contributed by atoms with Crippen molar-refractivity contribution in [1.82, 2.24) is 4.23 Å². The van der Waals surface area contributed by atoms with Crippen molar-refractivity contribution < 1.29 is 4.43 Å². The molecular weight excluding hydrogens is 246 g/mol. The number of rotatable bonds is 6. The van der Waals surface area contributed by atoms with Crippen LogP contribution in [0.15, 0.2) is 0 Å². The minimum absolute atomic E-state index is 1.17. The van der Waals surface area contributed by atoms with Gasteiger partial charge in [-0.1, -0.05) is 39.3 Å². The third-order valence-electron chi connectivity index (χ3n) is 3.11. The third-order valence-corrected chi connectivity index (χ3v) is 13.4. The molecule has 5 heteroatoms. The molecule has 0 spiro atoms. The molecule has 0 aliphatic carbocycles. The van der Waals surface area contributed by atoms with Gasteiger partial charge in [-0.15, -0.1) is 0 Å². The van der Waals surface area contributed by atoms with E-state index in [2.05, 4.69) is 56.6 Å². The minimum Gasteiger partial charge on any atom is -0.420 e. The molecule has 0 aromatic rings. The highest BCUT2D eigenvalue weighted by atomic mass is 28.4. The Bertz CT molecular complexity index is 204. The molecular formula is C11H31NOSi3. The maximum Gasteiger partial charge on any atom is 0.187 e. The molecule has 0 aromatic heterocycles. The summed E-state index contributed by atoms with van der Waals surface area (Å²) in [6.45, 7) is 20.7. The predicted octanol–water partition coefficient (Wildman–Crippen LogP) is 3.81. The Balaban J connectivity index is 4.61. The number of nitrogens with zero attached hydrogens (tertiary/aromatic N) is 1. The van der Waals surface area contributed by atoms with Crippen LogP contribution in [0.3, 0.4) is 0 Å². The van der Waals surface area contributed by atoms with Crippen molar-refractivity contribution in [3.63, 3.8) is 0 Å². The van der Waals surface area contributed by atoms with Crippen LogP contribution < -0.4 is 0 Å². The van der Waals surface area contributed by atoms with Crippen molar-refractivity contribution in [3.05, 3.63) is 0 Å². The first kappa shape index (κ1) is 16.6. The van der Waals surface area contributed by atoms with E-state index in [0.29, 0.717) is 0 Å². The second kappa shape index (κ2) is 5.48. The van der Waals surface area contributed by atoms with Gasteiger partial charge in [0.1, 0.15) is 16.5 Å². The highest BCUT2D eigenvalue weighted by molar-refractivity contribution is 6.89. The molecule has 98 valence electrons. The Labute approximate surface area is 106 Å². The zero-order chi connectivity index (χ0) is 13.2. The Kier molecular flexibility index (Phi) is 5.67. The Morgan fingerprint density at radius 1 is 0.812 bits per heavy atom. The van der Waals surface area contributed by atoms with Gasteiger partial charge in [0.25, 0.3) is 0 Å². The monoisotopic (exact) mass is 277 g/mol. The van der Waals surface area contributed by atoms with Crippen molar-refractivity contribution >= 4 is 24.8 Å². The van der Waals surface area contributed by atoms with Gasteiger partial charge in [0.05, 0.1) is 0 Å². The Morgan fingerprint density at radius 2 is 1.19 bits per heavy atom. The van der Waals surface area contributed by atoms with Crippen molar-refractivity contribution in [1.29, 1.82) is 0 Å². The van der Waals surface area contributed by atoms with Crippen LogP contribution in [0, 0.1) is 0 Å². The largest absolute Gasteiger partial charge is 0.420 e. The molecule has 0 N–H and O–H groups in total. The van der Waals surface area contributed by atoms with Crippen LogP contribution in [0.4, 0.5) is 0 Å². The number of hydrogen-bond donors (Lipinski definition) is 0. The van der Waals surface area contributed by atoms with Gasteiger partial charge in [0, 0.05) is 7.11 Å². The maximum absolute atomic E-state index is 5.66. The Morgan fingerprint density at radius 3 is 1.44 bits per heavy atom. The predicted molar refractivity (Wildman–Crippen MR) is 82.7 cm³/mol. The molecule has 0 saturated heterocycles. The van der Waals surface area contributed by atoms with Gasteiger partial charge in [0.15, 0.2) is 8.32 Å². The standard InChI is InChI=1S/C11H31NOSi3/c1-13-16(8,9)11-10-12(14(2,3)4)15(5,6)7/h10-11H2,1-9H3. The SMILES string of the molecule is CO[Si](C)(C)CCN([Si](C)(C)C)[Si](C)(C)C. The normalized spacial score (nSPS) is 14.6. The highest BCUT2D eigenvalue weighted by Crippen LogP contribution is 2.22. The van der Waals surface area contributed by atoms with Gasteiger partial charge in [0.2, 0.25) is 0 Å². The van der Waals surface area contributed by atoms with E-state index in [1.165, 1.54) is 12.6 Å². The summed E-state index contributed by atoms with van der Waals surface area (Å²) in [5, 5.41) is 0. The fraction of sp³-hybridized carbons (Fsp3) is 1.00. The van der Waals surface area contributed by atoms with E-state index in [0.717, 1.165) is 0 Å². The van der Waals surface area contributed by atoms with E-state index in [1.54, 1.807) is 0 Å². The van der Waals surface area contributed by atoms with Crippen LogP contribution in [-0.2, 0) is 4.43 Å². The van der Waals surface area contributed by atoms with Crippen LogP contribution in [0.25, 0.3) is 0 Å². The van der Waals surface area contributed by atoms with E-state index < -0.39 is 24.8 Å². The second-order valence-corrected chi connectivity index (χ2v) is 21.8. The summed E-state index contributed by atoms with van der Waals surface area (Å²) in [5.74, 6) is 0. The molecule has 0 heterocycles. The smallest absolute Gasteiger partial charge is 0.187 e. The molecule has 16 heavy (non-hydrogen) atoms. The van der Waals surface area contributed by atoms with E-state index in [1.807, 2.05) is 7.11 Å². The van der Waals surface area contributed by atoms with E-state index in [-0.39, 0.29) is 0 Å². The van der Waals surface area contributed by atoms with E-state index in [4.69, 9.17) is 4.43 Å².